The van der Waals surface area contributed by atoms with E-state index < -0.39 is 0 Å². The molecule has 0 radical (unpaired) electrons. The summed E-state index contributed by atoms with van der Waals surface area (Å²) in [4.78, 5) is 1.35. The van der Waals surface area contributed by atoms with Gasteiger partial charge in [-0.3, -0.25) is 0 Å². The summed E-state index contributed by atoms with van der Waals surface area (Å²) in [7, 11) is 0. The molecular weight excluding hydrogens is 194 g/mol. The van der Waals surface area contributed by atoms with Gasteiger partial charge in [0.05, 0.1) is 12.9 Å². The van der Waals surface area contributed by atoms with E-state index in [9.17, 15) is 0 Å². The highest BCUT2D eigenvalue weighted by atomic mass is 32.1. The summed E-state index contributed by atoms with van der Waals surface area (Å²) >= 11 is 1.77. The van der Waals surface area contributed by atoms with Crippen molar-refractivity contribution in [2.24, 2.45) is 5.73 Å². The highest BCUT2D eigenvalue weighted by Crippen LogP contribution is 2.19. The third-order valence-corrected chi connectivity index (χ3v) is 3.34. The summed E-state index contributed by atoms with van der Waals surface area (Å²) in [6.45, 7) is 0.842. The van der Waals surface area contributed by atoms with E-state index in [-0.39, 0.29) is 6.04 Å². The van der Waals surface area contributed by atoms with Crippen LogP contribution in [-0.2, 0) is 11.2 Å². The van der Waals surface area contributed by atoms with E-state index in [1.807, 2.05) is 6.26 Å². The van der Waals surface area contributed by atoms with Crippen molar-refractivity contribution in [2.75, 3.05) is 6.61 Å². The second-order valence-corrected chi connectivity index (χ2v) is 4.59. The first kappa shape index (κ1) is 9.74. The molecule has 0 bridgehead atoms. The molecule has 76 valence electrons. The number of thiophene rings is 1. The largest absolute Gasteiger partial charge is 0.501 e. The molecule has 1 aromatic heterocycles. The van der Waals surface area contributed by atoms with Crippen LogP contribution in [0.1, 0.15) is 17.7 Å². The van der Waals surface area contributed by atoms with Crippen molar-refractivity contribution in [3.8, 4) is 0 Å². The molecule has 1 unspecified atom stereocenters. The molecule has 0 saturated heterocycles. The van der Waals surface area contributed by atoms with Crippen molar-refractivity contribution in [3.63, 3.8) is 0 Å². The Morgan fingerprint density at radius 3 is 3.14 bits per heavy atom. The fourth-order valence-corrected chi connectivity index (χ4v) is 2.40. The number of hydrogen-bond acceptors (Lipinski definition) is 3. The molecule has 0 aliphatic carbocycles. The minimum Gasteiger partial charge on any atom is -0.501 e. The highest BCUT2D eigenvalue weighted by Gasteiger charge is 2.13. The SMILES string of the molecule is NC(Cc1cccs1)C1=COCCC1. The van der Waals surface area contributed by atoms with Crippen molar-refractivity contribution in [1.82, 2.24) is 0 Å². The molecule has 2 N–H and O–H groups in total. The molecule has 14 heavy (non-hydrogen) atoms. The third-order valence-electron chi connectivity index (χ3n) is 2.44. The normalized spacial score (nSPS) is 18.5. The van der Waals surface area contributed by atoms with Gasteiger partial charge in [0.15, 0.2) is 0 Å². The van der Waals surface area contributed by atoms with Crippen LogP contribution in [0.3, 0.4) is 0 Å². The predicted octanol–water partition coefficient (Wildman–Crippen LogP) is 2.31. The number of hydrogen-bond donors (Lipinski definition) is 1. The van der Waals surface area contributed by atoms with Gasteiger partial charge in [0.2, 0.25) is 0 Å². The molecule has 1 atom stereocenters. The Morgan fingerprint density at radius 1 is 1.57 bits per heavy atom. The molecule has 1 aliphatic heterocycles. The Balaban J connectivity index is 1.95. The van der Waals surface area contributed by atoms with Crippen molar-refractivity contribution in [2.45, 2.75) is 25.3 Å². The minimum absolute atomic E-state index is 0.133. The minimum atomic E-state index is 0.133. The van der Waals surface area contributed by atoms with Gasteiger partial charge in [-0.15, -0.1) is 11.3 Å². The van der Waals surface area contributed by atoms with Crippen LogP contribution in [0.5, 0.6) is 0 Å². The first-order valence-electron chi connectivity index (χ1n) is 4.95. The monoisotopic (exact) mass is 209 g/mol. The van der Waals surface area contributed by atoms with Gasteiger partial charge >= 0.3 is 0 Å². The quantitative estimate of drug-likeness (QED) is 0.829. The molecule has 1 aliphatic rings. The lowest BCUT2D eigenvalue weighted by molar-refractivity contribution is 0.221. The van der Waals surface area contributed by atoms with E-state index in [1.54, 1.807) is 11.3 Å². The molecule has 0 fully saturated rings. The van der Waals surface area contributed by atoms with Crippen LogP contribution in [0, 0.1) is 0 Å². The van der Waals surface area contributed by atoms with Gasteiger partial charge in [0.25, 0.3) is 0 Å². The van der Waals surface area contributed by atoms with E-state index in [0.717, 1.165) is 25.9 Å². The lowest BCUT2D eigenvalue weighted by atomic mass is 10.00. The molecule has 2 heterocycles. The molecule has 0 saturated carbocycles. The summed E-state index contributed by atoms with van der Waals surface area (Å²) in [6.07, 6.45) is 4.98. The van der Waals surface area contributed by atoms with E-state index in [0.29, 0.717) is 0 Å². The zero-order valence-corrected chi connectivity index (χ0v) is 8.93. The van der Waals surface area contributed by atoms with Crippen LogP contribution in [0.15, 0.2) is 29.3 Å². The van der Waals surface area contributed by atoms with Gasteiger partial charge in [-0.25, -0.2) is 0 Å². The molecule has 3 heteroatoms. The van der Waals surface area contributed by atoms with Crippen molar-refractivity contribution >= 4 is 11.3 Å². The average molecular weight is 209 g/mol. The number of rotatable bonds is 3. The van der Waals surface area contributed by atoms with Crippen LogP contribution in [0.2, 0.25) is 0 Å². The Bertz CT molecular complexity index is 305. The molecule has 1 aromatic rings. The molecule has 2 rings (SSSR count). The Labute approximate surface area is 88.4 Å². The van der Waals surface area contributed by atoms with E-state index in [4.69, 9.17) is 10.5 Å². The van der Waals surface area contributed by atoms with Crippen LogP contribution in [0.4, 0.5) is 0 Å². The maximum absolute atomic E-state index is 6.10. The summed E-state index contributed by atoms with van der Waals surface area (Å²) in [6, 6.07) is 4.33. The topological polar surface area (TPSA) is 35.2 Å². The van der Waals surface area contributed by atoms with Gasteiger partial charge in [-0.2, -0.15) is 0 Å². The number of nitrogens with two attached hydrogens (primary N) is 1. The van der Waals surface area contributed by atoms with Crippen LogP contribution in [-0.4, -0.2) is 12.6 Å². The maximum atomic E-state index is 6.10. The molecule has 0 aromatic carbocycles. The second-order valence-electron chi connectivity index (χ2n) is 3.56. The summed E-state index contributed by atoms with van der Waals surface area (Å²) in [5.74, 6) is 0. The first-order chi connectivity index (χ1) is 6.86. The fourth-order valence-electron chi connectivity index (χ4n) is 1.63. The zero-order valence-electron chi connectivity index (χ0n) is 8.11. The third kappa shape index (κ3) is 2.36. The lowest BCUT2D eigenvalue weighted by Gasteiger charge is -2.19. The maximum Gasteiger partial charge on any atom is 0.0876 e. The van der Waals surface area contributed by atoms with Crippen LogP contribution in [0.25, 0.3) is 0 Å². The lowest BCUT2D eigenvalue weighted by Crippen LogP contribution is -2.26. The van der Waals surface area contributed by atoms with Gasteiger partial charge < -0.3 is 10.5 Å². The second kappa shape index (κ2) is 4.62. The predicted molar refractivity (Wildman–Crippen MR) is 59.3 cm³/mol. The summed E-state index contributed by atoms with van der Waals surface area (Å²) in [5, 5.41) is 2.09. The standard InChI is InChI=1S/C11H15NOS/c12-11(7-10-4-2-6-14-10)9-3-1-5-13-8-9/h2,4,6,8,11H,1,3,5,7,12H2. The van der Waals surface area contributed by atoms with Gasteiger partial charge in [-0.05, 0) is 29.9 Å². The van der Waals surface area contributed by atoms with Gasteiger partial charge in [0.1, 0.15) is 0 Å². The zero-order chi connectivity index (χ0) is 9.80. The van der Waals surface area contributed by atoms with Crippen molar-refractivity contribution < 1.29 is 4.74 Å². The van der Waals surface area contributed by atoms with Gasteiger partial charge in [0, 0.05) is 17.3 Å². The Kier molecular flexibility index (Phi) is 3.22. The summed E-state index contributed by atoms with van der Waals surface area (Å²) < 4.78 is 5.28. The van der Waals surface area contributed by atoms with Gasteiger partial charge in [-0.1, -0.05) is 6.07 Å². The Hall–Kier alpha value is -0.800. The Morgan fingerprint density at radius 2 is 2.50 bits per heavy atom. The molecule has 0 spiro atoms. The number of ether oxygens (including phenoxy) is 1. The average Bonchev–Trinajstić information content (AvgIpc) is 2.72. The summed E-state index contributed by atoms with van der Waals surface area (Å²) in [5.41, 5.74) is 7.35. The first-order valence-corrected chi connectivity index (χ1v) is 5.83. The smallest absolute Gasteiger partial charge is 0.0876 e. The highest BCUT2D eigenvalue weighted by molar-refractivity contribution is 7.09. The van der Waals surface area contributed by atoms with E-state index in [1.165, 1.54) is 10.5 Å². The van der Waals surface area contributed by atoms with Crippen LogP contribution < -0.4 is 5.73 Å². The molecule has 2 nitrogen and oxygen atoms in total. The van der Waals surface area contributed by atoms with Crippen molar-refractivity contribution in [3.05, 3.63) is 34.2 Å². The fraction of sp³-hybridized carbons (Fsp3) is 0.455. The molecule has 0 amide bonds. The molecular formula is C11H15NOS. The van der Waals surface area contributed by atoms with E-state index in [2.05, 4.69) is 17.5 Å². The van der Waals surface area contributed by atoms with E-state index >= 15 is 0 Å². The van der Waals surface area contributed by atoms with Crippen LogP contribution >= 0.6 is 11.3 Å². The van der Waals surface area contributed by atoms with Crippen molar-refractivity contribution in [1.29, 1.82) is 0 Å².